The van der Waals surface area contributed by atoms with Crippen LogP contribution in [0.3, 0.4) is 0 Å². The molecule has 0 aliphatic rings. The first-order chi connectivity index (χ1) is 8.59. The highest BCUT2D eigenvalue weighted by atomic mass is 79.9. The number of aromatic carboxylic acids is 1. The summed E-state index contributed by atoms with van der Waals surface area (Å²) in [7, 11) is 0. The Morgan fingerprint density at radius 2 is 2.11 bits per heavy atom. The molecular weight excluding hydrogens is 302 g/mol. The first-order valence-corrected chi connectivity index (χ1v) is 5.71. The molecule has 0 aliphatic carbocycles. The van der Waals surface area contributed by atoms with Gasteiger partial charge in [-0.25, -0.2) is 4.79 Å². The second-order valence-corrected chi connectivity index (χ2v) is 4.25. The molecule has 1 heterocycles. The van der Waals surface area contributed by atoms with Crippen LogP contribution in [-0.4, -0.2) is 27.2 Å². The Morgan fingerprint density at radius 1 is 1.33 bits per heavy atom. The molecule has 92 valence electrons. The van der Waals surface area contributed by atoms with E-state index >= 15 is 0 Å². The molecule has 0 bridgehead atoms. The zero-order valence-electron chi connectivity index (χ0n) is 8.98. The number of carbonyl (C=O) groups excluding carboxylic acids is 1. The minimum Gasteiger partial charge on any atom is -0.478 e. The van der Waals surface area contributed by atoms with E-state index in [0.29, 0.717) is 4.47 Å². The smallest absolute Gasteiger partial charge is 0.337 e. The summed E-state index contributed by atoms with van der Waals surface area (Å²) >= 11 is 3.20. The summed E-state index contributed by atoms with van der Waals surface area (Å²) in [5.74, 6) is -1.57. The van der Waals surface area contributed by atoms with Crippen molar-refractivity contribution in [3.8, 4) is 0 Å². The van der Waals surface area contributed by atoms with Crippen molar-refractivity contribution in [3.63, 3.8) is 0 Å². The van der Waals surface area contributed by atoms with Gasteiger partial charge in [0.2, 0.25) is 0 Å². The Bertz CT molecular complexity index is 596. The molecule has 3 N–H and O–H groups in total. The van der Waals surface area contributed by atoms with Crippen LogP contribution in [0.2, 0.25) is 0 Å². The molecule has 0 atom stereocenters. The Labute approximate surface area is 110 Å². The molecule has 0 saturated carbocycles. The minimum absolute atomic E-state index is 0.0113. The number of carboxylic acids is 1. The molecular formula is C11H8BrN3O3. The van der Waals surface area contributed by atoms with Gasteiger partial charge in [-0.05, 0) is 34.1 Å². The maximum atomic E-state index is 11.8. The summed E-state index contributed by atoms with van der Waals surface area (Å²) in [6.45, 7) is 0. The van der Waals surface area contributed by atoms with Crippen molar-refractivity contribution < 1.29 is 14.7 Å². The quantitative estimate of drug-likeness (QED) is 0.809. The van der Waals surface area contributed by atoms with Crippen molar-refractivity contribution in [2.45, 2.75) is 0 Å². The fourth-order valence-electron chi connectivity index (χ4n) is 1.39. The van der Waals surface area contributed by atoms with Crippen molar-refractivity contribution >= 4 is 33.5 Å². The number of aromatic amines is 1. The number of benzene rings is 1. The van der Waals surface area contributed by atoms with Crippen LogP contribution in [0, 0.1) is 0 Å². The molecule has 0 fully saturated rings. The lowest BCUT2D eigenvalue weighted by molar-refractivity contribution is 0.0698. The summed E-state index contributed by atoms with van der Waals surface area (Å²) in [5.41, 5.74) is 0.476. The number of carboxylic acid groups (broad SMARTS) is 1. The van der Waals surface area contributed by atoms with E-state index in [2.05, 4.69) is 31.4 Å². The lowest BCUT2D eigenvalue weighted by atomic mass is 10.2. The summed E-state index contributed by atoms with van der Waals surface area (Å²) in [6, 6.07) is 6.14. The fraction of sp³-hybridized carbons (Fsp3) is 0. The molecule has 1 aromatic carbocycles. The Hall–Kier alpha value is -2.15. The van der Waals surface area contributed by atoms with E-state index in [-0.39, 0.29) is 16.9 Å². The van der Waals surface area contributed by atoms with Crippen LogP contribution in [0.25, 0.3) is 0 Å². The second kappa shape index (κ2) is 5.01. The van der Waals surface area contributed by atoms with Crippen molar-refractivity contribution in [1.29, 1.82) is 0 Å². The summed E-state index contributed by atoms with van der Waals surface area (Å²) in [6.07, 6.45) is 1.44. The van der Waals surface area contributed by atoms with Crippen LogP contribution in [0.5, 0.6) is 0 Å². The third-order valence-electron chi connectivity index (χ3n) is 2.23. The van der Waals surface area contributed by atoms with Crippen LogP contribution >= 0.6 is 15.9 Å². The zero-order chi connectivity index (χ0) is 13.1. The van der Waals surface area contributed by atoms with E-state index in [4.69, 9.17) is 5.11 Å². The first-order valence-electron chi connectivity index (χ1n) is 4.92. The van der Waals surface area contributed by atoms with Gasteiger partial charge in [-0.3, -0.25) is 9.89 Å². The number of amides is 1. The number of hydrogen-bond donors (Lipinski definition) is 3. The average Bonchev–Trinajstić information content (AvgIpc) is 2.85. The molecule has 7 heteroatoms. The number of halogens is 1. The van der Waals surface area contributed by atoms with Gasteiger partial charge in [-0.15, -0.1) is 0 Å². The van der Waals surface area contributed by atoms with Crippen LogP contribution in [0.1, 0.15) is 20.8 Å². The molecule has 2 rings (SSSR count). The summed E-state index contributed by atoms with van der Waals surface area (Å²) in [5, 5.41) is 17.7. The zero-order valence-corrected chi connectivity index (χ0v) is 10.6. The highest BCUT2D eigenvalue weighted by Gasteiger charge is 2.16. The third-order valence-corrected chi connectivity index (χ3v) is 2.89. The minimum atomic E-state index is -1.11. The second-order valence-electron chi connectivity index (χ2n) is 3.39. The van der Waals surface area contributed by atoms with E-state index in [0.717, 1.165) is 0 Å². The molecule has 0 aliphatic heterocycles. The van der Waals surface area contributed by atoms with Gasteiger partial charge >= 0.3 is 5.97 Å². The summed E-state index contributed by atoms with van der Waals surface area (Å²) in [4.78, 5) is 22.9. The monoisotopic (exact) mass is 309 g/mol. The number of nitrogens with zero attached hydrogens (tertiary/aromatic N) is 1. The number of rotatable bonds is 3. The van der Waals surface area contributed by atoms with Gasteiger partial charge in [0, 0.05) is 10.7 Å². The van der Waals surface area contributed by atoms with Crippen molar-refractivity contribution in [1.82, 2.24) is 10.2 Å². The first kappa shape index (κ1) is 12.3. The third kappa shape index (κ3) is 2.40. The highest BCUT2D eigenvalue weighted by molar-refractivity contribution is 9.10. The van der Waals surface area contributed by atoms with E-state index in [1.807, 2.05) is 0 Å². The van der Waals surface area contributed by atoms with Crippen molar-refractivity contribution in [3.05, 3.63) is 46.2 Å². The molecule has 0 saturated heterocycles. The fourth-order valence-corrected chi connectivity index (χ4v) is 1.86. The number of hydrogen-bond acceptors (Lipinski definition) is 3. The molecule has 1 amide bonds. The maximum Gasteiger partial charge on any atom is 0.337 e. The van der Waals surface area contributed by atoms with Gasteiger partial charge in [-0.1, -0.05) is 6.07 Å². The molecule has 18 heavy (non-hydrogen) atoms. The van der Waals surface area contributed by atoms with Crippen LogP contribution in [0.4, 0.5) is 5.69 Å². The number of para-hydroxylation sites is 1. The maximum absolute atomic E-state index is 11.8. The Balaban J connectivity index is 2.34. The standard InChI is InChI=1S/C11H8BrN3O3/c12-7-3-1-2-6(11(17)18)9(7)14-10(16)8-4-5-13-15-8/h1-5H,(H,13,15)(H,14,16)(H,17,18). The van der Waals surface area contributed by atoms with E-state index in [1.54, 1.807) is 12.1 Å². The van der Waals surface area contributed by atoms with Gasteiger partial charge in [0.05, 0.1) is 11.3 Å². The lowest BCUT2D eigenvalue weighted by Crippen LogP contribution is -2.15. The average molecular weight is 310 g/mol. The predicted molar refractivity (Wildman–Crippen MR) is 67.6 cm³/mol. The predicted octanol–water partition coefficient (Wildman–Crippen LogP) is 2.12. The molecule has 0 spiro atoms. The number of H-pyrrole nitrogens is 1. The van der Waals surface area contributed by atoms with Crippen molar-refractivity contribution in [2.75, 3.05) is 5.32 Å². The normalized spacial score (nSPS) is 10.1. The van der Waals surface area contributed by atoms with Crippen LogP contribution in [-0.2, 0) is 0 Å². The van der Waals surface area contributed by atoms with E-state index in [1.165, 1.54) is 18.3 Å². The van der Waals surface area contributed by atoms with Gasteiger partial charge < -0.3 is 10.4 Å². The number of aromatic nitrogens is 2. The van der Waals surface area contributed by atoms with Crippen LogP contribution in [0.15, 0.2) is 34.9 Å². The number of carbonyl (C=O) groups is 2. The SMILES string of the molecule is O=C(Nc1c(Br)cccc1C(=O)O)c1ccn[nH]1. The number of anilines is 1. The van der Waals surface area contributed by atoms with E-state index in [9.17, 15) is 9.59 Å². The molecule has 0 radical (unpaired) electrons. The highest BCUT2D eigenvalue weighted by Crippen LogP contribution is 2.26. The van der Waals surface area contributed by atoms with Gasteiger partial charge in [0.15, 0.2) is 0 Å². The molecule has 1 aromatic heterocycles. The molecule has 6 nitrogen and oxygen atoms in total. The van der Waals surface area contributed by atoms with Crippen LogP contribution < -0.4 is 5.32 Å². The Kier molecular flexibility index (Phi) is 3.42. The topological polar surface area (TPSA) is 95.1 Å². The molecule has 0 unspecified atom stereocenters. The lowest BCUT2D eigenvalue weighted by Gasteiger charge is -2.09. The largest absolute Gasteiger partial charge is 0.478 e. The van der Waals surface area contributed by atoms with Gasteiger partial charge in [0.1, 0.15) is 5.69 Å². The summed E-state index contributed by atoms with van der Waals surface area (Å²) < 4.78 is 0.496. The van der Waals surface area contributed by atoms with Gasteiger partial charge in [0.25, 0.3) is 5.91 Å². The number of nitrogens with one attached hydrogen (secondary N) is 2. The van der Waals surface area contributed by atoms with Gasteiger partial charge in [-0.2, -0.15) is 5.10 Å². The van der Waals surface area contributed by atoms with E-state index < -0.39 is 11.9 Å². The Morgan fingerprint density at radius 3 is 2.72 bits per heavy atom. The molecule has 2 aromatic rings. The van der Waals surface area contributed by atoms with Crippen molar-refractivity contribution in [2.24, 2.45) is 0 Å².